The third-order valence-electron chi connectivity index (χ3n) is 17.7. The molecule has 0 amide bonds. The van der Waals surface area contributed by atoms with Gasteiger partial charge in [-0.15, -0.1) is 0 Å². The number of rotatable bonds is 8. The Balaban J connectivity index is 0.891. The molecule has 62 heavy (non-hydrogen) atoms. The van der Waals surface area contributed by atoms with Crippen LogP contribution in [0.1, 0.15) is 88.2 Å². The van der Waals surface area contributed by atoms with E-state index in [-0.39, 0.29) is 0 Å². The number of hydrogen-bond donors (Lipinski definition) is 0. The normalized spacial score (nSPS) is 29.3. The molecule has 8 aromatic rings. The smallest absolute Gasteiger partial charge is 0.0540 e. The summed E-state index contributed by atoms with van der Waals surface area (Å²) < 4.78 is 0. The number of nitrogens with zero attached hydrogens (tertiary/aromatic N) is 2. The monoisotopic (exact) mass is 804 g/mol. The fraction of sp³-hybridized carbons (Fsp3) is 0.333. The lowest BCUT2D eigenvalue weighted by molar-refractivity contribution is -0.00530. The molecule has 0 aromatic heterocycles. The zero-order valence-corrected chi connectivity index (χ0v) is 35.9. The predicted molar refractivity (Wildman–Crippen MR) is 259 cm³/mol. The first-order chi connectivity index (χ1) is 30.5. The van der Waals surface area contributed by atoms with Gasteiger partial charge in [0, 0.05) is 33.5 Å². The highest BCUT2D eigenvalue weighted by Gasteiger charge is 2.52. The van der Waals surface area contributed by atoms with E-state index in [0.717, 1.165) is 35.5 Å². The summed E-state index contributed by atoms with van der Waals surface area (Å²) in [6, 6.07) is 60.8. The number of anilines is 6. The summed E-state index contributed by atoms with van der Waals surface area (Å²) in [7, 11) is 0. The van der Waals surface area contributed by atoms with Gasteiger partial charge in [-0.3, -0.25) is 0 Å². The largest absolute Gasteiger partial charge is 0.310 e. The van der Waals surface area contributed by atoms with Crippen LogP contribution in [0.3, 0.4) is 0 Å². The van der Waals surface area contributed by atoms with Crippen molar-refractivity contribution >= 4 is 66.4 Å². The first kappa shape index (κ1) is 35.9. The van der Waals surface area contributed by atoms with Gasteiger partial charge in [0.2, 0.25) is 0 Å². The van der Waals surface area contributed by atoms with Gasteiger partial charge in [0.25, 0.3) is 0 Å². The highest BCUT2D eigenvalue weighted by molar-refractivity contribution is 6.28. The van der Waals surface area contributed by atoms with E-state index in [1.807, 2.05) is 0 Å². The third-order valence-corrected chi connectivity index (χ3v) is 17.7. The number of para-hydroxylation sites is 2. The molecular weight excluding hydrogens is 749 g/mol. The first-order valence-electron chi connectivity index (χ1n) is 24.2. The molecule has 8 fully saturated rings. The summed E-state index contributed by atoms with van der Waals surface area (Å²) in [6.07, 6.45) is 17.3. The van der Waals surface area contributed by atoms with Gasteiger partial charge in [-0.2, -0.15) is 0 Å². The molecule has 8 aromatic carbocycles. The predicted octanol–water partition coefficient (Wildman–Crippen LogP) is 16.5. The standard InChI is InChI=1S/C60H56N2/c1-3-7-49(8-4-1)61(51-19-15-47(16-20-51)59-33-39-27-40(34-59)29-41(28-39)35-59)55-25-13-45-12-24-54-56(26-14-46-11-23-53(55)57(45)58(46)54)62(50-9-5-2-6-10-50)52-21-17-48(18-22-52)60-36-42-30-43(37-60)32-44(31-42)38-60/h1-26,39-44H,27-38H2. The Morgan fingerprint density at radius 2 is 0.613 bits per heavy atom. The van der Waals surface area contributed by atoms with Gasteiger partial charge in [-0.25, -0.2) is 0 Å². The fourth-order valence-electron chi connectivity index (χ4n) is 16.0. The van der Waals surface area contributed by atoms with Crippen LogP contribution in [0, 0.1) is 35.5 Å². The third kappa shape index (κ3) is 5.47. The van der Waals surface area contributed by atoms with E-state index in [9.17, 15) is 0 Å². The van der Waals surface area contributed by atoms with Gasteiger partial charge in [0.05, 0.1) is 11.4 Å². The van der Waals surface area contributed by atoms with Gasteiger partial charge in [0.1, 0.15) is 0 Å². The second kappa shape index (κ2) is 13.5. The first-order valence-corrected chi connectivity index (χ1v) is 24.2. The van der Waals surface area contributed by atoms with Gasteiger partial charge in [0.15, 0.2) is 0 Å². The molecule has 2 nitrogen and oxygen atoms in total. The van der Waals surface area contributed by atoms with Crippen molar-refractivity contribution in [2.45, 2.75) is 87.9 Å². The maximum absolute atomic E-state index is 2.51. The van der Waals surface area contributed by atoms with Crippen molar-refractivity contribution in [1.82, 2.24) is 0 Å². The van der Waals surface area contributed by atoms with Crippen LogP contribution in [0.2, 0.25) is 0 Å². The molecule has 8 saturated carbocycles. The van der Waals surface area contributed by atoms with Gasteiger partial charge < -0.3 is 9.80 Å². The van der Waals surface area contributed by atoms with Crippen molar-refractivity contribution in [1.29, 1.82) is 0 Å². The Morgan fingerprint density at radius 3 is 0.952 bits per heavy atom. The van der Waals surface area contributed by atoms with Gasteiger partial charge >= 0.3 is 0 Å². The SMILES string of the molecule is c1ccc(N(c2ccc(C34CC5CC(CC(C5)C3)C4)cc2)c2ccc3ccc4c(N(c5ccccc5)c5ccc(C67CC8CC(CC(C8)C6)C7)cc5)ccc5ccc2c3c54)cc1. The molecule has 0 heterocycles. The Kier molecular flexibility index (Phi) is 7.80. The van der Waals surface area contributed by atoms with Crippen molar-refractivity contribution < 1.29 is 0 Å². The Bertz CT molecular complexity index is 2690. The lowest BCUT2D eigenvalue weighted by Gasteiger charge is -2.57. The summed E-state index contributed by atoms with van der Waals surface area (Å²) in [6.45, 7) is 0. The van der Waals surface area contributed by atoms with Gasteiger partial charge in [-0.05, 0) is 217 Å². The van der Waals surface area contributed by atoms with E-state index in [0.29, 0.717) is 10.8 Å². The van der Waals surface area contributed by atoms with Gasteiger partial charge in [-0.1, -0.05) is 97.1 Å². The minimum Gasteiger partial charge on any atom is -0.310 e. The van der Waals surface area contributed by atoms with E-state index in [1.54, 1.807) is 11.1 Å². The lowest BCUT2D eigenvalue weighted by atomic mass is 9.48. The zero-order valence-electron chi connectivity index (χ0n) is 35.9. The van der Waals surface area contributed by atoms with Crippen LogP contribution in [0.5, 0.6) is 0 Å². The molecule has 0 saturated heterocycles. The van der Waals surface area contributed by atoms with Crippen molar-refractivity contribution in [2.24, 2.45) is 35.5 Å². The molecule has 0 N–H and O–H groups in total. The molecule has 2 heteroatoms. The Hall–Kier alpha value is -5.60. The van der Waals surface area contributed by atoms with Crippen LogP contribution in [0.25, 0.3) is 32.3 Å². The fourth-order valence-corrected chi connectivity index (χ4v) is 16.0. The molecule has 0 spiro atoms. The second-order valence-electron chi connectivity index (χ2n) is 21.4. The molecule has 8 bridgehead atoms. The van der Waals surface area contributed by atoms with Crippen LogP contribution in [0.4, 0.5) is 34.1 Å². The van der Waals surface area contributed by atoms with E-state index in [1.165, 1.54) is 143 Å². The molecule has 0 atom stereocenters. The summed E-state index contributed by atoms with van der Waals surface area (Å²) >= 11 is 0. The Morgan fingerprint density at radius 1 is 0.306 bits per heavy atom. The second-order valence-corrected chi connectivity index (χ2v) is 21.4. The Labute approximate surface area is 366 Å². The highest BCUT2D eigenvalue weighted by Crippen LogP contribution is 2.62. The topological polar surface area (TPSA) is 6.48 Å². The molecule has 8 aliphatic rings. The highest BCUT2D eigenvalue weighted by atomic mass is 15.1. The molecule has 16 rings (SSSR count). The van der Waals surface area contributed by atoms with Crippen molar-refractivity contribution in [2.75, 3.05) is 9.80 Å². The number of hydrogen-bond acceptors (Lipinski definition) is 2. The summed E-state index contributed by atoms with van der Waals surface area (Å²) in [5, 5.41) is 7.84. The van der Waals surface area contributed by atoms with E-state index < -0.39 is 0 Å². The van der Waals surface area contributed by atoms with Crippen LogP contribution in [-0.4, -0.2) is 0 Å². The maximum atomic E-state index is 2.51. The van der Waals surface area contributed by atoms with Crippen molar-refractivity contribution in [3.05, 3.63) is 169 Å². The van der Waals surface area contributed by atoms with E-state index in [2.05, 4.69) is 168 Å². The lowest BCUT2D eigenvalue weighted by Crippen LogP contribution is -2.48. The van der Waals surface area contributed by atoms with Crippen LogP contribution in [0.15, 0.2) is 158 Å². The maximum Gasteiger partial charge on any atom is 0.0540 e. The van der Waals surface area contributed by atoms with E-state index in [4.69, 9.17) is 0 Å². The van der Waals surface area contributed by atoms with Crippen molar-refractivity contribution in [3.8, 4) is 0 Å². The minimum atomic E-state index is 0.389. The summed E-state index contributed by atoms with van der Waals surface area (Å²) in [5.41, 5.74) is 11.2. The van der Waals surface area contributed by atoms with Crippen LogP contribution >= 0.6 is 0 Å². The molecule has 8 aliphatic carbocycles. The number of benzene rings is 8. The summed E-state index contributed by atoms with van der Waals surface area (Å²) in [4.78, 5) is 5.02. The van der Waals surface area contributed by atoms with Crippen LogP contribution < -0.4 is 9.80 Å². The molecule has 0 radical (unpaired) electrons. The molecule has 0 unspecified atom stereocenters. The van der Waals surface area contributed by atoms with Crippen molar-refractivity contribution in [3.63, 3.8) is 0 Å². The average Bonchev–Trinajstić information content (AvgIpc) is 3.29. The van der Waals surface area contributed by atoms with Crippen LogP contribution in [-0.2, 0) is 10.8 Å². The molecule has 306 valence electrons. The molecule has 0 aliphatic heterocycles. The molecular formula is C60H56N2. The average molecular weight is 805 g/mol. The summed E-state index contributed by atoms with van der Waals surface area (Å²) in [5.74, 6) is 5.64. The quantitative estimate of drug-likeness (QED) is 0.141. The minimum absolute atomic E-state index is 0.389. The zero-order chi connectivity index (χ0) is 40.6. The van der Waals surface area contributed by atoms with E-state index >= 15 is 0 Å².